The van der Waals surface area contributed by atoms with Crippen molar-refractivity contribution in [1.82, 2.24) is 20.1 Å². The molecule has 1 atom stereocenters. The zero-order valence-corrected chi connectivity index (χ0v) is 10.00. The van der Waals surface area contributed by atoms with Crippen LogP contribution >= 0.6 is 11.3 Å². The molecule has 1 unspecified atom stereocenters. The monoisotopic (exact) mass is 234 g/mol. The second-order valence-electron chi connectivity index (χ2n) is 4.08. The van der Waals surface area contributed by atoms with Crippen molar-refractivity contribution in [2.45, 2.75) is 12.3 Å². The van der Waals surface area contributed by atoms with Gasteiger partial charge in [-0.2, -0.15) is 5.10 Å². The summed E-state index contributed by atoms with van der Waals surface area (Å²) in [5.74, 6) is 2.49. The average Bonchev–Trinajstić information content (AvgIpc) is 2.97. The third-order valence-electron chi connectivity index (χ3n) is 2.96. The van der Waals surface area contributed by atoms with E-state index in [4.69, 9.17) is 0 Å². The Hall–Kier alpha value is -1.20. The van der Waals surface area contributed by atoms with Crippen LogP contribution in [0.4, 0.5) is 0 Å². The third kappa shape index (κ3) is 1.66. The lowest BCUT2D eigenvalue weighted by atomic mass is 10.1. The molecule has 0 amide bonds. The molecule has 0 aliphatic carbocycles. The molecule has 84 valence electrons. The van der Waals surface area contributed by atoms with Gasteiger partial charge in [0, 0.05) is 19.5 Å². The summed E-state index contributed by atoms with van der Waals surface area (Å²) < 4.78 is 1.92. The van der Waals surface area contributed by atoms with Crippen LogP contribution in [0.3, 0.4) is 0 Å². The SMILES string of the molecule is Cn1nc(-c2cccs2)nc1C1CCNC1. The van der Waals surface area contributed by atoms with E-state index in [9.17, 15) is 0 Å². The van der Waals surface area contributed by atoms with Gasteiger partial charge in [0.25, 0.3) is 0 Å². The molecule has 1 aliphatic rings. The van der Waals surface area contributed by atoms with Crippen molar-refractivity contribution < 1.29 is 0 Å². The van der Waals surface area contributed by atoms with E-state index >= 15 is 0 Å². The maximum absolute atomic E-state index is 4.66. The summed E-state index contributed by atoms with van der Waals surface area (Å²) in [5.41, 5.74) is 0. The maximum Gasteiger partial charge on any atom is 0.191 e. The quantitative estimate of drug-likeness (QED) is 0.858. The average molecular weight is 234 g/mol. The van der Waals surface area contributed by atoms with E-state index in [-0.39, 0.29) is 0 Å². The summed E-state index contributed by atoms with van der Waals surface area (Å²) in [6, 6.07) is 4.10. The highest BCUT2D eigenvalue weighted by molar-refractivity contribution is 7.13. The minimum Gasteiger partial charge on any atom is -0.316 e. The van der Waals surface area contributed by atoms with Gasteiger partial charge in [-0.05, 0) is 24.4 Å². The van der Waals surface area contributed by atoms with Crippen molar-refractivity contribution in [2.24, 2.45) is 7.05 Å². The van der Waals surface area contributed by atoms with Crippen molar-refractivity contribution in [3.05, 3.63) is 23.3 Å². The van der Waals surface area contributed by atoms with Crippen LogP contribution in [0.2, 0.25) is 0 Å². The molecule has 2 aromatic rings. The van der Waals surface area contributed by atoms with Gasteiger partial charge in [-0.1, -0.05) is 6.07 Å². The molecule has 3 heterocycles. The van der Waals surface area contributed by atoms with Crippen molar-refractivity contribution in [3.63, 3.8) is 0 Å². The molecule has 1 aliphatic heterocycles. The Morgan fingerprint density at radius 3 is 3.19 bits per heavy atom. The highest BCUT2D eigenvalue weighted by atomic mass is 32.1. The fourth-order valence-electron chi connectivity index (χ4n) is 2.14. The Morgan fingerprint density at radius 2 is 2.50 bits per heavy atom. The minimum absolute atomic E-state index is 0.520. The number of aryl methyl sites for hydroxylation is 1. The fourth-order valence-corrected chi connectivity index (χ4v) is 2.79. The van der Waals surface area contributed by atoms with Crippen molar-refractivity contribution in [1.29, 1.82) is 0 Å². The highest BCUT2D eigenvalue weighted by Gasteiger charge is 2.22. The molecule has 1 N–H and O–H groups in total. The largest absolute Gasteiger partial charge is 0.316 e. The number of nitrogens with one attached hydrogen (secondary N) is 1. The van der Waals surface area contributed by atoms with Crippen LogP contribution < -0.4 is 5.32 Å². The second-order valence-corrected chi connectivity index (χ2v) is 5.03. The van der Waals surface area contributed by atoms with Crippen LogP contribution in [0.25, 0.3) is 10.7 Å². The van der Waals surface area contributed by atoms with E-state index in [1.54, 1.807) is 11.3 Å². The summed E-state index contributed by atoms with van der Waals surface area (Å²) in [7, 11) is 1.98. The van der Waals surface area contributed by atoms with Crippen molar-refractivity contribution >= 4 is 11.3 Å². The molecule has 0 radical (unpaired) electrons. The first-order valence-corrected chi connectivity index (χ1v) is 6.38. The topological polar surface area (TPSA) is 42.7 Å². The summed E-state index contributed by atoms with van der Waals surface area (Å²) in [6.07, 6.45) is 1.16. The molecule has 4 nitrogen and oxygen atoms in total. The molecule has 1 fully saturated rings. The van der Waals surface area contributed by atoms with Gasteiger partial charge >= 0.3 is 0 Å². The predicted molar refractivity (Wildman–Crippen MR) is 64.5 cm³/mol. The van der Waals surface area contributed by atoms with Gasteiger partial charge in [0.1, 0.15) is 5.82 Å². The van der Waals surface area contributed by atoms with Gasteiger partial charge in [-0.25, -0.2) is 4.98 Å². The van der Waals surface area contributed by atoms with Gasteiger partial charge in [-0.3, -0.25) is 4.68 Å². The molecule has 0 aromatic carbocycles. The number of rotatable bonds is 2. The Morgan fingerprint density at radius 1 is 1.56 bits per heavy atom. The van der Waals surface area contributed by atoms with E-state index in [1.165, 1.54) is 0 Å². The fraction of sp³-hybridized carbons (Fsp3) is 0.455. The zero-order chi connectivity index (χ0) is 11.0. The van der Waals surface area contributed by atoms with Gasteiger partial charge in [-0.15, -0.1) is 11.3 Å². The first-order chi connectivity index (χ1) is 7.84. The second kappa shape index (κ2) is 3.99. The van der Waals surface area contributed by atoms with E-state index in [2.05, 4.69) is 26.8 Å². The van der Waals surface area contributed by atoms with E-state index < -0.39 is 0 Å². The Balaban J connectivity index is 1.95. The lowest BCUT2D eigenvalue weighted by Crippen LogP contribution is -2.11. The molecule has 0 spiro atoms. The Labute approximate surface area is 98.3 Å². The number of hydrogen-bond acceptors (Lipinski definition) is 4. The molecule has 0 bridgehead atoms. The number of nitrogens with zero attached hydrogens (tertiary/aromatic N) is 3. The van der Waals surface area contributed by atoms with Gasteiger partial charge in [0.2, 0.25) is 0 Å². The maximum atomic E-state index is 4.66. The van der Waals surface area contributed by atoms with Crippen molar-refractivity contribution in [3.8, 4) is 10.7 Å². The van der Waals surface area contributed by atoms with Crippen LogP contribution in [0, 0.1) is 0 Å². The van der Waals surface area contributed by atoms with Gasteiger partial charge < -0.3 is 5.32 Å². The molecule has 1 saturated heterocycles. The molecule has 2 aromatic heterocycles. The van der Waals surface area contributed by atoms with Crippen molar-refractivity contribution in [2.75, 3.05) is 13.1 Å². The molecular formula is C11H14N4S. The van der Waals surface area contributed by atoms with Gasteiger partial charge in [0.05, 0.1) is 4.88 Å². The van der Waals surface area contributed by atoms with Crippen LogP contribution in [0.15, 0.2) is 17.5 Å². The summed E-state index contributed by atoms with van der Waals surface area (Å²) in [6.45, 7) is 2.11. The van der Waals surface area contributed by atoms with Crippen LogP contribution in [-0.2, 0) is 7.05 Å². The smallest absolute Gasteiger partial charge is 0.191 e. The molecule has 0 saturated carbocycles. The van der Waals surface area contributed by atoms with Gasteiger partial charge in [0.15, 0.2) is 5.82 Å². The van der Waals surface area contributed by atoms with E-state index in [0.717, 1.165) is 36.0 Å². The Bertz CT molecular complexity index is 468. The summed E-state index contributed by atoms with van der Waals surface area (Å²) in [4.78, 5) is 5.80. The summed E-state index contributed by atoms with van der Waals surface area (Å²) in [5, 5.41) is 9.91. The molecule has 16 heavy (non-hydrogen) atoms. The van der Waals surface area contributed by atoms with Crippen LogP contribution in [0.5, 0.6) is 0 Å². The Kier molecular flexibility index (Phi) is 2.49. The molecular weight excluding hydrogens is 220 g/mol. The molecule has 5 heteroatoms. The minimum atomic E-state index is 0.520. The standard InChI is InChI=1S/C11H14N4S/c1-15-11(8-4-5-12-7-8)13-10(14-15)9-3-2-6-16-9/h2-3,6,8,12H,4-5,7H2,1H3. The van der Waals surface area contributed by atoms with Crippen LogP contribution in [-0.4, -0.2) is 27.9 Å². The number of aromatic nitrogens is 3. The normalized spacial score (nSPS) is 20.4. The number of thiophene rings is 1. The lowest BCUT2D eigenvalue weighted by molar-refractivity contribution is 0.622. The van der Waals surface area contributed by atoms with Crippen LogP contribution in [0.1, 0.15) is 18.2 Å². The molecule has 3 rings (SSSR count). The highest BCUT2D eigenvalue weighted by Crippen LogP contribution is 2.25. The third-order valence-corrected chi connectivity index (χ3v) is 3.83. The van der Waals surface area contributed by atoms with E-state index in [1.807, 2.05) is 17.8 Å². The van der Waals surface area contributed by atoms with E-state index in [0.29, 0.717) is 5.92 Å². The number of hydrogen-bond donors (Lipinski definition) is 1. The lowest BCUT2D eigenvalue weighted by Gasteiger charge is -2.05. The summed E-state index contributed by atoms with van der Waals surface area (Å²) >= 11 is 1.69. The predicted octanol–water partition coefficient (Wildman–Crippen LogP) is 1.62. The first-order valence-electron chi connectivity index (χ1n) is 5.50. The zero-order valence-electron chi connectivity index (χ0n) is 9.18. The first kappa shape index (κ1) is 9.99.